The molecule has 3 heterocycles. The quantitative estimate of drug-likeness (QED) is 0.231. The number of alkyl halides is 3. The number of para-hydroxylation sites is 1. The lowest BCUT2D eigenvalue weighted by Crippen LogP contribution is -2.42. The number of H-pyrrole nitrogens is 1. The predicted octanol–water partition coefficient (Wildman–Crippen LogP) is 7.62. The molecule has 3 aromatic carbocycles. The number of aromatic nitrogens is 2. The zero-order chi connectivity index (χ0) is 31.1. The molecule has 3 aliphatic rings. The number of nitrogens with zero attached hydrogens (tertiary/aromatic N) is 2. The van der Waals surface area contributed by atoms with E-state index in [1.807, 2.05) is 18.2 Å². The Bertz CT molecular complexity index is 1700. The summed E-state index contributed by atoms with van der Waals surface area (Å²) < 4.78 is 31.2. The van der Waals surface area contributed by atoms with Crippen molar-refractivity contribution in [1.82, 2.24) is 15.1 Å². The Morgan fingerprint density at radius 1 is 1.00 bits per heavy atom. The standard InChI is InChI=1S/C33H34N4O.C2HF3O/c1-21-6-5-7-22(2)37(21)20-24-12-10-23(11-13-24)14-17-29-26-16-15-25(18-31(26)36-35-29)28-19-33(28)27-8-3-4-9-30(27)34-32(33)38;3-2(4,5)1-6/h3-4,8-18,21-22,28H,5-7,19-20H2,1-2H3,(H,34,38)(H,35,36);1H/b17-14+;/t21-,22+,28-,33-;/m0./s1. The second-order valence-electron chi connectivity index (χ2n) is 12.2. The normalized spacial score (nSPS) is 24.7. The first-order valence-corrected chi connectivity index (χ1v) is 15.0. The molecule has 4 aromatic rings. The molecular formula is C35H35F3N4O2. The number of rotatable bonds is 5. The van der Waals surface area contributed by atoms with Gasteiger partial charge in [-0.25, -0.2) is 0 Å². The van der Waals surface area contributed by atoms with Crippen LogP contribution in [0.25, 0.3) is 23.1 Å². The van der Waals surface area contributed by atoms with E-state index in [2.05, 4.69) is 94.9 Å². The van der Waals surface area contributed by atoms with Crippen LogP contribution < -0.4 is 5.32 Å². The number of piperidine rings is 1. The van der Waals surface area contributed by atoms with Crippen LogP contribution in [0.3, 0.4) is 0 Å². The molecule has 0 unspecified atom stereocenters. The molecule has 1 amide bonds. The fraction of sp³-hybridized carbons (Fsp3) is 0.343. The Hall–Kier alpha value is -4.24. The topological polar surface area (TPSA) is 78.1 Å². The van der Waals surface area contributed by atoms with Gasteiger partial charge in [0, 0.05) is 35.6 Å². The van der Waals surface area contributed by atoms with E-state index in [1.165, 1.54) is 36.0 Å². The molecule has 7 rings (SSSR count). The summed E-state index contributed by atoms with van der Waals surface area (Å²) in [6.07, 6.45) is 3.32. The summed E-state index contributed by atoms with van der Waals surface area (Å²) in [4.78, 5) is 24.2. The Morgan fingerprint density at radius 3 is 2.41 bits per heavy atom. The Labute approximate surface area is 254 Å². The third-order valence-electron chi connectivity index (χ3n) is 9.33. The maximum Gasteiger partial charge on any atom is 0.446 e. The second kappa shape index (κ2) is 11.7. The fourth-order valence-electron chi connectivity index (χ4n) is 6.86. The lowest BCUT2D eigenvalue weighted by atomic mass is 9.92. The summed E-state index contributed by atoms with van der Waals surface area (Å²) in [7, 11) is 0. The highest BCUT2D eigenvalue weighted by Gasteiger charge is 2.65. The molecule has 2 fully saturated rings. The number of aldehydes is 1. The maximum atomic E-state index is 12.9. The van der Waals surface area contributed by atoms with Crippen LogP contribution in [-0.2, 0) is 21.5 Å². The molecular weight excluding hydrogens is 565 g/mol. The van der Waals surface area contributed by atoms with Crippen molar-refractivity contribution < 1.29 is 22.8 Å². The van der Waals surface area contributed by atoms with Crippen LogP contribution in [0.1, 0.15) is 73.4 Å². The molecule has 228 valence electrons. The lowest BCUT2D eigenvalue weighted by molar-refractivity contribution is -0.156. The number of hydrogen-bond donors (Lipinski definition) is 2. The minimum atomic E-state index is -4.64. The third kappa shape index (κ3) is 5.80. The molecule has 1 spiro atoms. The number of carbonyl (C=O) groups excluding carboxylic acids is 2. The molecule has 0 radical (unpaired) electrons. The van der Waals surface area contributed by atoms with Gasteiger partial charge >= 0.3 is 6.18 Å². The van der Waals surface area contributed by atoms with Crippen LogP contribution >= 0.6 is 0 Å². The first-order chi connectivity index (χ1) is 21.1. The smallest absolute Gasteiger partial charge is 0.325 e. The van der Waals surface area contributed by atoms with Gasteiger partial charge in [0.1, 0.15) is 0 Å². The van der Waals surface area contributed by atoms with Crippen molar-refractivity contribution in [3.05, 3.63) is 94.7 Å². The predicted molar refractivity (Wildman–Crippen MR) is 166 cm³/mol. The second-order valence-corrected chi connectivity index (χ2v) is 12.2. The monoisotopic (exact) mass is 600 g/mol. The van der Waals surface area contributed by atoms with Crippen molar-refractivity contribution in [2.24, 2.45) is 0 Å². The fourth-order valence-corrected chi connectivity index (χ4v) is 6.86. The van der Waals surface area contributed by atoms with E-state index in [0.29, 0.717) is 12.1 Å². The summed E-state index contributed by atoms with van der Waals surface area (Å²) in [6, 6.07) is 24.8. The highest BCUT2D eigenvalue weighted by atomic mass is 19.4. The van der Waals surface area contributed by atoms with Crippen molar-refractivity contribution >= 4 is 40.9 Å². The van der Waals surface area contributed by atoms with Crippen molar-refractivity contribution in [3.8, 4) is 0 Å². The van der Waals surface area contributed by atoms with Crippen molar-refractivity contribution in [1.29, 1.82) is 0 Å². The van der Waals surface area contributed by atoms with E-state index in [1.54, 1.807) is 0 Å². The summed E-state index contributed by atoms with van der Waals surface area (Å²) in [5.74, 6) is 0.329. The number of benzene rings is 3. The number of carbonyl (C=O) groups is 2. The third-order valence-corrected chi connectivity index (χ3v) is 9.33. The van der Waals surface area contributed by atoms with Gasteiger partial charge in [-0.15, -0.1) is 0 Å². The lowest BCUT2D eigenvalue weighted by Gasteiger charge is -2.39. The number of aromatic amines is 1. The minimum absolute atomic E-state index is 0.128. The zero-order valence-electron chi connectivity index (χ0n) is 24.7. The molecule has 2 N–H and O–H groups in total. The Kier molecular flexibility index (Phi) is 7.92. The molecule has 44 heavy (non-hydrogen) atoms. The van der Waals surface area contributed by atoms with E-state index >= 15 is 0 Å². The molecule has 9 heteroatoms. The van der Waals surface area contributed by atoms with Gasteiger partial charge in [0.2, 0.25) is 12.2 Å². The van der Waals surface area contributed by atoms with Gasteiger partial charge in [0.25, 0.3) is 0 Å². The van der Waals surface area contributed by atoms with Crippen LogP contribution in [-0.4, -0.2) is 45.6 Å². The van der Waals surface area contributed by atoms with E-state index < -0.39 is 17.9 Å². The van der Waals surface area contributed by atoms with Crippen LogP contribution in [0.4, 0.5) is 18.9 Å². The molecule has 6 nitrogen and oxygen atoms in total. The molecule has 1 saturated heterocycles. The highest BCUT2D eigenvalue weighted by molar-refractivity contribution is 6.09. The molecule has 4 atom stereocenters. The van der Waals surface area contributed by atoms with E-state index in [0.717, 1.165) is 40.8 Å². The number of anilines is 1. The molecule has 0 bridgehead atoms. The van der Waals surface area contributed by atoms with Gasteiger partial charge in [-0.1, -0.05) is 67.1 Å². The van der Waals surface area contributed by atoms with E-state index in [9.17, 15) is 18.0 Å². The van der Waals surface area contributed by atoms with Gasteiger partial charge < -0.3 is 5.32 Å². The number of amides is 1. The molecule has 1 aliphatic carbocycles. The minimum Gasteiger partial charge on any atom is -0.325 e. The maximum absolute atomic E-state index is 12.9. The molecule has 1 saturated carbocycles. The summed E-state index contributed by atoms with van der Waals surface area (Å²) in [5.41, 5.74) is 7.36. The summed E-state index contributed by atoms with van der Waals surface area (Å²) >= 11 is 0. The summed E-state index contributed by atoms with van der Waals surface area (Å²) in [5, 5.41) is 12.0. The number of halogens is 3. The first-order valence-electron chi connectivity index (χ1n) is 15.0. The number of fused-ring (bicyclic) bond motifs is 3. The van der Waals surface area contributed by atoms with Crippen LogP contribution in [0, 0.1) is 0 Å². The van der Waals surface area contributed by atoms with E-state index in [-0.39, 0.29) is 11.8 Å². The van der Waals surface area contributed by atoms with Crippen molar-refractivity contribution in [2.45, 2.75) is 75.7 Å². The SMILES string of the molecule is C[C@@H]1CCC[C@H](C)N1Cc1ccc(/C=C/c2n[nH]c3cc([C@@H]4C[C@@]45C(=O)Nc4ccccc45)ccc23)cc1.O=CC(F)(F)F. The first kappa shape index (κ1) is 29.8. The Balaban J connectivity index is 0.000000523. The van der Waals surface area contributed by atoms with Gasteiger partial charge in [-0.05, 0) is 73.6 Å². The van der Waals surface area contributed by atoms with E-state index in [4.69, 9.17) is 4.79 Å². The van der Waals surface area contributed by atoms with Gasteiger partial charge in [-0.3, -0.25) is 19.6 Å². The number of nitrogens with one attached hydrogen (secondary N) is 2. The number of likely N-dealkylation sites (tertiary alicyclic amines) is 1. The van der Waals surface area contributed by atoms with Crippen molar-refractivity contribution in [2.75, 3.05) is 5.32 Å². The van der Waals surface area contributed by atoms with Crippen LogP contribution in [0.15, 0.2) is 66.7 Å². The molecule has 2 aliphatic heterocycles. The zero-order valence-corrected chi connectivity index (χ0v) is 24.7. The summed E-state index contributed by atoms with van der Waals surface area (Å²) in [6.45, 7) is 5.74. The number of hydrogen-bond acceptors (Lipinski definition) is 4. The van der Waals surface area contributed by atoms with Crippen LogP contribution in [0.2, 0.25) is 0 Å². The van der Waals surface area contributed by atoms with Gasteiger partial charge in [0.15, 0.2) is 0 Å². The average Bonchev–Trinajstić information content (AvgIpc) is 3.54. The van der Waals surface area contributed by atoms with Crippen molar-refractivity contribution in [3.63, 3.8) is 0 Å². The van der Waals surface area contributed by atoms with Gasteiger partial charge in [-0.2, -0.15) is 18.3 Å². The average molecular weight is 601 g/mol. The largest absolute Gasteiger partial charge is 0.446 e. The molecule has 1 aromatic heterocycles. The van der Waals surface area contributed by atoms with Crippen LogP contribution in [0.5, 0.6) is 0 Å². The Morgan fingerprint density at radius 2 is 1.70 bits per heavy atom. The highest BCUT2D eigenvalue weighted by Crippen LogP contribution is 2.65. The van der Waals surface area contributed by atoms with Gasteiger partial charge in [0.05, 0.1) is 16.6 Å².